The predicted octanol–water partition coefficient (Wildman–Crippen LogP) is 4.71. The molecule has 0 radical (unpaired) electrons. The van der Waals surface area contributed by atoms with Crippen molar-refractivity contribution in [2.75, 3.05) is 6.54 Å². The Labute approximate surface area is 121 Å². The molecule has 0 amide bonds. The fourth-order valence-corrected chi connectivity index (χ4v) is 3.73. The first-order chi connectivity index (χ1) is 8.72. The average Bonchev–Trinajstić information content (AvgIpc) is 2.75. The van der Waals surface area contributed by atoms with E-state index >= 15 is 0 Å². The standard InChI is InChI=1S/C15H18BrNS/c1-3-17-14(10-15-13(16)8-9-18-15)12-7-5-4-6-11(12)2/h4-9,14,17H,3,10H2,1-2H3. The Kier molecular flexibility index (Phi) is 4.98. The van der Waals surface area contributed by atoms with E-state index in [1.54, 1.807) is 0 Å². The number of aryl methyl sites for hydroxylation is 1. The summed E-state index contributed by atoms with van der Waals surface area (Å²) in [6.45, 7) is 5.33. The molecular weight excluding hydrogens is 306 g/mol. The second-order valence-corrected chi connectivity index (χ2v) is 6.22. The van der Waals surface area contributed by atoms with Crippen LogP contribution in [0, 0.1) is 6.92 Å². The monoisotopic (exact) mass is 323 g/mol. The molecule has 1 unspecified atom stereocenters. The molecule has 2 aromatic rings. The van der Waals surface area contributed by atoms with Gasteiger partial charge in [0.25, 0.3) is 0 Å². The number of hydrogen-bond donors (Lipinski definition) is 1. The molecule has 1 N–H and O–H groups in total. The van der Waals surface area contributed by atoms with Crippen molar-refractivity contribution in [2.45, 2.75) is 26.3 Å². The highest BCUT2D eigenvalue weighted by Crippen LogP contribution is 2.29. The summed E-state index contributed by atoms with van der Waals surface area (Å²) in [5, 5.41) is 5.73. The number of benzene rings is 1. The van der Waals surface area contributed by atoms with E-state index in [0.29, 0.717) is 6.04 Å². The summed E-state index contributed by atoms with van der Waals surface area (Å²) >= 11 is 5.44. The van der Waals surface area contributed by atoms with Crippen molar-refractivity contribution in [3.05, 3.63) is 56.2 Å². The molecule has 0 aliphatic heterocycles. The van der Waals surface area contributed by atoms with E-state index < -0.39 is 0 Å². The van der Waals surface area contributed by atoms with E-state index in [1.165, 1.54) is 20.5 Å². The number of likely N-dealkylation sites (N-methyl/N-ethyl adjacent to an activating group) is 1. The van der Waals surface area contributed by atoms with E-state index in [2.05, 4.69) is 70.8 Å². The smallest absolute Gasteiger partial charge is 0.0371 e. The second kappa shape index (κ2) is 6.50. The van der Waals surface area contributed by atoms with Gasteiger partial charge in [-0.2, -0.15) is 0 Å². The zero-order valence-electron chi connectivity index (χ0n) is 10.7. The molecule has 1 atom stereocenters. The molecule has 1 aromatic carbocycles. The molecule has 0 aliphatic carbocycles. The van der Waals surface area contributed by atoms with Crippen molar-refractivity contribution in [1.82, 2.24) is 5.32 Å². The van der Waals surface area contributed by atoms with Gasteiger partial charge in [0.2, 0.25) is 0 Å². The van der Waals surface area contributed by atoms with Gasteiger partial charge in [-0.05, 0) is 52.0 Å². The highest BCUT2D eigenvalue weighted by molar-refractivity contribution is 9.10. The molecule has 96 valence electrons. The van der Waals surface area contributed by atoms with Crippen molar-refractivity contribution < 1.29 is 0 Å². The Hall–Kier alpha value is -0.640. The van der Waals surface area contributed by atoms with Gasteiger partial charge in [0.1, 0.15) is 0 Å². The van der Waals surface area contributed by atoms with Crippen LogP contribution < -0.4 is 5.32 Å². The summed E-state index contributed by atoms with van der Waals surface area (Å²) in [7, 11) is 0. The first-order valence-corrected chi connectivity index (χ1v) is 7.90. The van der Waals surface area contributed by atoms with Crippen LogP contribution in [0.25, 0.3) is 0 Å². The van der Waals surface area contributed by atoms with Crippen molar-refractivity contribution in [2.24, 2.45) is 0 Å². The lowest BCUT2D eigenvalue weighted by Crippen LogP contribution is -2.23. The summed E-state index contributed by atoms with van der Waals surface area (Å²) in [6.07, 6.45) is 1.04. The maximum absolute atomic E-state index is 3.62. The van der Waals surface area contributed by atoms with Gasteiger partial charge in [0, 0.05) is 21.8 Å². The first-order valence-electron chi connectivity index (χ1n) is 6.23. The number of hydrogen-bond acceptors (Lipinski definition) is 2. The number of rotatable bonds is 5. The minimum Gasteiger partial charge on any atom is -0.310 e. The molecule has 3 heteroatoms. The van der Waals surface area contributed by atoms with Crippen LogP contribution in [0.2, 0.25) is 0 Å². The summed E-state index contributed by atoms with van der Waals surface area (Å²) in [6, 6.07) is 11.2. The lowest BCUT2D eigenvalue weighted by Gasteiger charge is -2.20. The highest BCUT2D eigenvalue weighted by Gasteiger charge is 2.15. The van der Waals surface area contributed by atoms with Crippen LogP contribution in [0.3, 0.4) is 0 Å². The summed E-state index contributed by atoms with van der Waals surface area (Å²) < 4.78 is 1.23. The largest absolute Gasteiger partial charge is 0.310 e. The van der Waals surface area contributed by atoms with E-state index in [0.717, 1.165) is 13.0 Å². The molecule has 1 nitrogen and oxygen atoms in total. The Morgan fingerprint density at radius 3 is 2.67 bits per heavy atom. The van der Waals surface area contributed by atoms with E-state index in [9.17, 15) is 0 Å². The second-order valence-electron chi connectivity index (χ2n) is 4.36. The van der Waals surface area contributed by atoms with Gasteiger partial charge in [-0.1, -0.05) is 31.2 Å². The fraction of sp³-hybridized carbons (Fsp3) is 0.333. The van der Waals surface area contributed by atoms with Crippen LogP contribution in [-0.2, 0) is 6.42 Å². The molecule has 0 aliphatic rings. The van der Waals surface area contributed by atoms with Crippen LogP contribution in [0.15, 0.2) is 40.2 Å². The number of halogens is 1. The Balaban J connectivity index is 2.24. The molecule has 1 heterocycles. The van der Waals surface area contributed by atoms with Gasteiger partial charge in [-0.15, -0.1) is 11.3 Å². The average molecular weight is 324 g/mol. The summed E-state index contributed by atoms with van der Waals surface area (Å²) in [5.74, 6) is 0. The molecule has 0 fully saturated rings. The molecule has 0 saturated heterocycles. The van der Waals surface area contributed by atoms with Gasteiger partial charge < -0.3 is 5.32 Å². The Morgan fingerprint density at radius 1 is 1.28 bits per heavy atom. The van der Waals surface area contributed by atoms with E-state index in [-0.39, 0.29) is 0 Å². The van der Waals surface area contributed by atoms with Crippen molar-refractivity contribution >= 4 is 27.3 Å². The van der Waals surface area contributed by atoms with Crippen LogP contribution in [0.1, 0.15) is 29.0 Å². The Bertz CT molecular complexity index is 507. The van der Waals surface area contributed by atoms with Crippen molar-refractivity contribution in [1.29, 1.82) is 0 Å². The van der Waals surface area contributed by atoms with Gasteiger partial charge in [0.15, 0.2) is 0 Å². The third kappa shape index (κ3) is 3.22. The number of thiophene rings is 1. The van der Waals surface area contributed by atoms with E-state index in [4.69, 9.17) is 0 Å². The van der Waals surface area contributed by atoms with Crippen LogP contribution >= 0.6 is 27.3 Å². The normalized spacial score (nSPS) is 12.6. The summed E-state index contributed by atoms with van der Waals surface area (Å²) in [5.41, 5.74) is 2.76. The maximum atomic E-state index is 3.62. The van der Waals surface area contributed by atoms with Gasteiger partial charge in [-0.25, -0.2) is 0 Å². The zero-order chi connectivity index (χ0) is 13.0. The predicted molar refractivity (Wildman–Crippen MR) is 83.3 cm³/mol. The van der Waals surface area contributed by atoms with E-state index in [1.807, 2.05) is 11.3 Å². The molecule has 0 bridgehead atoms. The molecular formula is C15H18BrNS. The number of nitrogens with one attached hydrogen (secondary N) is 1. The Morgan fingerprint density at radius 2 is 2.06 bits per heavy atom. The quantitative estimate of drug-likeness (QED) is 0.840. The minimum atomic E-state index is 0.395. The van der Waals surface area contributed by atoms with Crippen LogP contribution in [0.5, 0.6) is 0 Å². The van der Waals surface area contributed by atoms with Gasteiger partial charge in [-0.3, -0.25) is 0 Å². The fourth-order valence-electron chi connectivity index (χ4n) is 2.17. The molecule has 18 heavy (non-hydrogen) atoms. The highest BCUT2D eigenvalue weighted by atomic mass is 79.9. The third-order valence-electron chi connectivity index (χ3n) is 3.09. The molecule has 0 saturated carbocycles. The van der Waals surface area contributed by atoms with Crippen LogP contribution in [0.4, 0.5) is 0 Å². The lowest BCUT2D eigenvalue weighted by atomic mass is 9.98. The minimum absolute atomic E-state index is 0.395. The van der Waals surface area contributed by atoms with Crippen molar-refractivity contribution in [3.63, 3.8) is 0 Å². The summed E-state index contributed by atoms with van der Waals surface area (Å²) in [4.78, 5) is 1.41. The maximum Gasteiger partial charge on any atom is 0.0371 e. The van der Waals surface area contributed by atoms with Gasteiger partial charge in [0.05, 0.1) is 0 Å². The SMILES string of the molecule is CCNC(Cc1sccc1Br)c1ccccc1C. The zero-order valence-corrected chi connectivity index (χ0v) is 13.1. The van der Waals surface area contributed by atoms with Crippen LogP contribution in [-0.4, -0.2) is 6.54 Å². The lowest BCUT2D eigenvalue weighted by molar-refractivity contribution is 0.550. The molecule has 1 aromatic heterocycles. The molecule has 0 spiro atoms. The third-order valence-corrected chi connectivity index (χ3v) is 5.04. The molecule has 2 rings (SSSR count). The van der Waals surface area contributed by atoms with Crippen molar-refractivity contribution in [3.8, 4) is 0 Å². The first kappa shape index (κ1) is 13.8. The van der Waals surface area contributed by atoms with Gasteiger partial charge >= 0.3 is 0 Å². The topological polar surface area (TPSA) is 12.0 Å².